The summed E-state index contributed by atoms with van der Waals surface area (Å²) in [6, 6.07) is 69.6. The molecule has 12 rings (SSSR count). The number of aliphatic hydroxyl groups excluding tert-OH is 1. The molecule has 0 aromatic heterocycles. The van der Waals surface area contributed by atoms with Crippen molar-refractivity contribution in [3.8, 4) is 34.5 Å². The Kier molecular flexibility index (Phi) is 31.9. The molecule has 0 bridgehead atoms. The van der Waals surface area contributed by atoms with E-state index in [0.717, 1.165) is 50.1 Å². The van der Waals surface area contributed by atoms with E-state index in [2.05, 4.69) is 5.32 Å². The maximum Gasteiger partial charge on any atom is 0.306 e. The number of nitrogens with one attached hydrogen (secondary N) is 1. The van der Waals surface area contributed by atoms with Gasteiger partial charge in [-0.15, -0.1) is 0 Å². The van der Waals surface area contributed by atoms with E-state index in [9.17, 15) is 28.7 Å². The van der Waals surface area contributed by atoms with E-state index in [1.165, 1.54) is 7.05 Å². The first kappa shape index (κ1) is 88.3. The number of carbonyl (C=O) groups is 4. The molecular weight excluding hydrogens is 1480 g/mol. The normalized spacial score (nSPS) is 20.9. The third-order valence-corrected chi connectivity index (χ3v) is 19.8. The van der Waals surface area contributed by atoms with Crippen LogP contribution in [0.5, 0.6) is 34.5 Å². The van der Waals surface area contributed by atoms with Gasteiger partial charge < -0.3 is 81.8 Å². The minimum atomic E-state index is -1.82. The van der Waals surface area contributed by atoms with Crippen molar-refractivity contribution < 1.29 is 109 Å². The number of aliphatic hydroxyl groups is 1. The molecule has 1 amide bonds. The molecule has 6 radical (unpaired) electrons. The smallest absolute Gasteiger partial charge is 0.306 e. The average Bonchev–Trinajstić information content (AvgIpc) is 1.25. The van der Waals surface area contributed by atoms with E-state index in [1.54, 1.807) is 42.7 Å². The van der Waals surface area contributed by atoms with Crippen molar-refractivity contribution in [1.82, 2.24) is 5.32 Å². The Labute approximate surface area is 672 Å². The molecule has 9 aromatic carbocycles. The van der Waals surface area contributed by atoms with Gasteiger partial charge in [-0.1, -0.05) is 171 Å². The van der Waals surface area contributed by atoms with Crippen LogP contribution >= 0.6 is 0 Å². The Morgan fingerprint density at radius 2 is 0.600 bits per heavy atom. The molecule has 3 N–H and O–H groups in total. The number of carboxylic acids is 1. The number of rotatable bonds is 32. The Balaban J connectivity index is 0.000000198. The van der Waals surface area contributed by atoms with Gasteiger partial charge in [0, 0.05) is 13.5 Å². The van der Waals surface area contributed by atoms with Crippen molar-refractivity contribution >= 4 is 47.4 Å². The van der Waals surface area contributed by atoms with Gasteiger partial charge in [0.05, 0.1) is 99.8 Å². The van der Waals surface area contributed by atoms with Crippen molar-refractivity contribution in [2.24, 2.45) is 0 Å². The van der Waals surface area contributed by atoms with Crippen LogP contribution in [0.15, 0.2) is 237 Å². The number of aliphatic carboxylic acids is 1. The highest BCUT2D eigenvalue weighted by atomic mass is 19.1. The van der Waals surface area contributed by atoms with E-state index in [0.29, 0.717) is 34.5 Å². The topological polar surface area (TPSA) is 250 Å². The minimum Gasteiger partial charge on any atom is -0.497 e. The molecule has 27 heteroatoms. The van der Waals surface area contributed by atoms with E-state index in [-0.39, 0.29) is 46.0 Å². The van der Waals surface area contributed by atoms with Gasteiger partial charge >= 0.3 is 17.9 Å². The van der Waals surface area contributed by atoms with Crippen LogP contribution in [0.3, 0.4) is 0 Å². The average molecular weight is 1570 g/mol. The molecule has 3 heterocycles. The van der Waals surface area contributed by atoms with E-state index < -0.39 is 121 Å². The second-order valence-corrected chi connectivity index (χ2v) is 26.7. The molecule has 9 aromatic rings. The molecule has 21 nitrogen and oxygen atoms in total. The molecule has 0 spiro atoms. The summed E-state index contributed by atoms with van der Waals surface area (Å²) in [5.74, 6) is 0.954. The number of ether oxygens (including phenoxy) is 14. The van der Waals surface area contributed by atoms with Crippen molar-refractivity contribution in [3.05, 3.63) is 287 Å². The molecule has 3 aliphatic heterocycles. The third kappa shape index (κ3) is 20.9. The molecule has 0 saturated carbocycles. The lowest BCUT2D eigenvalue weighted by atomic mass is 9.80. The van der Waals surface area contributed by atoms with Crippen LogP contribution in [0.2, 0.25) is 0 Å². The number of carbonyl (C=O) groups excluding carboxylic acids is 3. The van der Waals surface area contributed by atoms with Crippen LogP contribution in [0, 0.1) is 0 Å². The van der Waals surface area contributed by atoms with Gasteiger partial charge in [0.25, 0.3) is 0 Å². The number of esters is 2. The fraction of sp³-hybridized carbons (Fsp3) is 0.341. The second-order valence-electron chi connectivity index (χ2n) is 26.7. The Bertz CT molecular complexity index is 4350. The summed E-state index contributed by atoms with van der Waals surface area (Å²) in [4.78, 5) is 47.2. The van der Waals surface area contributed by atoms with Gasteiger partial charge in [0.2, 0.25) is 5.91 Å². The number of halogens is 3. The lowest BCUT2D eigenvalue weighted by Gasteiger charge is -2.37. The zero-order chi connectivity index (χ0) is 81.5. The number of amides is 1. The highest BCUT2D eigenvalue weighted by Crippen LogP contribution is 2.47. The molecule has 3 aliphatic rings. The summed E-state index contributed by atoms with van der Waals surface area (Å²) in [5, 5.41) is 21.6. The monoisotopic (exact) mass is 1570 g/mol. The minimum absolute atomic E-state index is 0. The quantitative estimate of drug-likeness (QED) is 0.0201. The van der Waals surface area contributed by atoms with Gasteiger partial charge in [-0.05, 0) is 123 Å². The lowest BCUT2D eigenvalue weighted by Crippen LogP contribution is -2.41. The van der Waals surface area contributed by atoms with Gasteiger partial charge in [-0.2, -0.15) is 0 Å². The van der Waals surface area contributed by atoms with Crippen LogP contribution in [-0.2, 0) is 73.9 Å². The Morgan fingerprint density at radius 1 is 0.365 bits per heavy atom. The van der Waals surface area contributed by atoms with Crippen LogP contribution < -0.4 is 33.7 Å². The third-order valence-electron chi connectivity index (χ3n) is 19.8. The molecule has 3 unspecified atom stereocenters. The summed E-state index contributed by atoms with van der Waals surface area (Å²) in [6.07, 6.45) is -13.5. The van der Waals surface area contributed by atoms with Crippen LogP contribution in [0.1, 0.15) is 83.2 Å². The number of hydrogen-bond acceptors (Lipinski definition) is 19. The first-order valence-corrected chi connectivity index (χ1v) is 36.7. The fourth-order valence-corrected chi connectivity index (χ4v) is 13.8. The molecule has 12 atom stereocenters. The number of methoxy groups -OCH3 is 6. The first-order chi connectivity index (χ1) is 55.1. The summed E-state index contributed by atoms with van der Waals surface area (Å²) in [5.41, 5.74) is 3.65. The SMILES string of the molecule is C.[B][C@@H]1O[C@H](COC(c2ccccc2)(c2ccc(OC)cc2)c2ccc(OC)cc2)[C@H](O)C1F.[B][C@@H]1O[C@H](COC(c2ccccc2)(c2ccc(OC)cc2)c2ccc(OC)cc2)[C@H](OC(=O)CCC(=O)NC)C1F.[B][C@@H]1O[C@H](COC(c2ccccc2)(c2ccc(OC)cc2)c2ccc(OC)cc2)[C@H](OC(=O)CCC(=O)O)C1F. The molecule has 0 aliphatic carbocycles. The molecule has 115 heavy (non-hydrogen) atoms. The van der Waals surface area contributed by atoms with Gasteiger partial charge in [0.15, 0.2) is 24.6 Å². The van der Waals surface area contributed by atoms with Crippen molar-refractivity contribution in [2.75, 3.05) is 69.5 Å². The van der Waals surface area contributed by atoms with Crippen LogP contribution in [-0.4, -0.2) is 200 Å². The fourth-order valence-electron chi connectivity index (χ4n) is 13.8. The number of carboxylic acid groups (broad SMARTS) is 1. The largest absolute Gasteiger partial charge is 0.497 e. The number of benzene rings is 9. The predicted molar refractivity (Wildman–Crippen MR) is 425 cm³/mol. The van der Waals surface area contributed by atoms with Crippen molar-refractivity contribution in [1.29, 1.82) is 0 Å². The van der Waals surface area contributed by atoms with Gasteiger partial charge in [0.1, 0.15) is 105 Å². The van der Waals surface area contributed by atoms with Gasteiger partial charge in [-0.25, -0.2) is 13.2 Å². The maximum absolute atomic E-state index is 15.1. The summed E-state index contributed by atoms with van der Waals surface area (Å²) >= 11 is 0. The lowest BCUT2D eigenvalue weighted by molar-refractivity contribution is -0.159. The standard InChI is InChI=1S/C31H33BFNO7.C30H30BFO8.C26H26BFO5.CH4/c1-34-26(35)17-18-27(36)41-29-25(40-30(32)28(29)33)19-39-31(20-7-5-4-6-8-20,21-9-13-23(37-2)14-10-21)22-11-15-24(38-3)16-12-22;1-36-22-12-8-20(9-13-22)30(19-6-4-3-5-7-19,21-10-14-23(37-2)15-11-21)38-18-24-28(27(32)29(31)39-24)40-26(35)17-16-25(33)34;1-30-20-12-8-18(9-13-20)26(17-6-4-3-5-7-17,19-10-14-21(31-2)15-11-19)32-16-22-24(29)23(28)25(27)33-22;/h4-16,25,28-30H,17-19H2,1-3H3,(H,34,35);3-15,24,27-29H,16-18H2,1-2H3,(H,33,34);3-15,22-25,29H,16H2,1-2H3;1H4/t25-,28?,29+,30-;24-,27?,28+,29-;22-,23?,24+,25-;/m111./s1. The molecule has 3 fully saturated rings. The van der Waals surface area contributed by atoms with Crippen molar-refractivity contribution in [2.45, 2.75) is 123 Å². The first-order valence-electron chi connectivity index (χ1n) is 36.7. The van der Waals surface area contributed by atoms with E-state index in [4.69, 9.17) is 95.0 Å². The molecular formula is C88H93B3F3NO20. The van der Waals surface area contributed by atoms with Crippen molar-refractivity contribution in [3.63, 3.8) is 0 Å². The summed E-state index contributed by atoms with van der Waals surface area (Å²) in [7, 11) is 28.4. The highest BCUT2D eigenvalue weighted by molar-refractivity contribution is 6.12. The zero-order valence-corrected chi connectivity index (χ0v) is 64.0. The summed E-state index contributed by atoms with van der Waals surface area (Å²) < 4.78 is 124. The summed E-state index contributed by atoms with van der Waals surface area (Å²) in [6.45, 7) is -0.464. The molecule has 3 saturated heterocycles. The second kappa shape index (κ2) is 41.6. The molecule has 600 valence electrons. The zero-order valence-electron chi connectivity index (χ0n) is 64.0. The van der Waals surface area contributed by atoms with Crippen LogP contribution in [0.4, 0.5) is 13.2 Å². The predicted octanol–water partition coefficient (Wildman–Crippen LogP) is 11.9. The van der Waals surface area contributed by atoms with E-state index >= 15 is 8.78 Å². The number of alkyl halides is 3. The number of hydrogen-bond donors (Lipinski definition) is 3. The highest BCUT2D eigenvalue weighted by Gasteiger charge is 2.51. The van der Waals surface area contributed by atoms with Crippen LogP contribution in [0.25, 0.3) is 0 Å². The maximum atomic E-state index is 15.1. The van der Waals surface area contributed by atoms with Gasteiger partial charge in [-0.3, -0.25) is 19.2 Å². The Hall–Kier alpha value is -10.6. The van der Waals surface area contributed by atoms with E-state index in [1.807, 2.05) is 237 Å². The Morgan fingerprint density at radius 3 is 0.835 bits per heavy atom.